The van der Waals surface area contributed by atoms with Gasteiger partial charge in [-0.25, -0.2) is 4.79 Å². The monoisotopic (exact) mass is 155 g/mol. The smallest absolute Gasteiger partial charge is 0.659 e. The third kappa shape index (κ3) is 5.71. The van der Waals surface area contributed by atoms with Crippen LogP contribution in [-0.2, 0) is 26.8 Å². The van der Waals surface area contributed by atoms with Gasteiger partial charge in [-0.1, -0.05) is 0 Å². The summed E-state index contributed by atoms with van der Waals surface area (Å²) in [6, 6.07) is 0. The molecule has 0 aromatic rings. The van der Waals surface area contributed by atoms with Crippen LogP contribution in [-0.4, -0.2) is 6.16 Å². The summed E-state index contributed by atoms with van der Waals surface area (Å²) in [7, 11) is 0. The van der Waals surface area contributed by atoms with Crippen molar-refractivity contribution in [3.8, 4) is 0 Å². The van der Waals surface area contributed by atoms with E-state index < -0.39 is 6.16 Å². The number of rotatable bonds is 0. The third-order valence-corrected chi connectivity index (χ3v) is 0.136. The number of carbonyl (C=O) groups is 1. The Morgan fingerprint density at radius 1 is 1.29 bits per heavy atom. The van der Waals surface area contributed by atoms with Crippen LogP contribution in [0.25, 0.3) is 0 Å². The summed E-state index contributed by atoms with van der Waals surface area (Å²) >= 11 is 0. The molecule has 6 heteroatoms. The Morgan fingerprint density at radius 3 is 1.57 bits per heavy atom. The van der Waals surface area contributed by atoms with Crippen molar-refractivity contribution in [2.75, 3.05) is 0 Å². The number of carbonyl (C=O) groups excluding carboxylic acids is 1. The van der Waals surface area contributed by atoms with Crippen LogP contribution in [0.2, 0.25) is 0 Å². The second kappa shape index (κ2) is 5.71. The second-order valence-electron chi connectivity index (χ2n) is 0.417. The van der Waals surface area contributed by atoms with Gasteiger partial charge >= 0.3 is 23.2 Å². The van der Waals surface area contributed by atoms with E-state index in [0.29, 0.717) is 0 Å². The summed E-state index contributed by atoms with van der Waals surface area (Å²) in [6.07, 6.45) is -1.77. The molecule has 0 spiro atoms. The van der Waals surface area contributed by atoms with Crippen molar-refractivity contribution in [1.29, 1.82) is 0 Å². The first-order valence-electron chi connectivity index (χ1n) is 0.946. The van der Waals surface area contributed by atoms with Crippen LogP contribution in [0.3, 0.4) is 0 Å². The zero-order valence-corrected chi connectivity index (χ0v) is 3.78. The molecule has 0 bridgehead atoms. The van der Waals surface area contributed by atoms with Crippen molar-refractivity contribution in [3.05, 3.63) is 0 Å². The fourth-order valence-corrected chi connectivity index (χ4v) is 0.0139. The molecular weight excluding hydrogens is 156 g/mol. The Balaban J connectivity index is 0. The van der Waals surface area contributed by atoms with Gasteiger partial charge in [0.2, 0.25) is 0 Å². The van der Waals surface area contributed by atoms with Crippen LogP contribution in [0.4, 0.5) is 4.79 Å². The molecule has 0 aromatic carbocycles. The van der Waals surface area contributed by atoms with Gasteiger partial charge in [-0.15, -0.1) is 0 Å². The Morgan fingerprint density at radius 2 is 1.57 bits per heavy atom. The Hall–Kier alpha value is -0.291. The molecule has 0 amide bonds. The predicted octanol–water partition coefficient (Wildman–Crippen LogP) is -2.31. The molecule has 0 aliphatic carbocycles. The van der Waals surface area contributed by atoms with E-state index in [-0.39, 0.29) is 17.1 Å². The minimum absolute atomic E-state index is 0. The standard InChI is InChI=1S/CH2O5.Cu/c2-1(5-3)6-4;/h3-4H;/q;+2/p-2. The van der Waals surface area contributed by atoms with Gasteiger partial charge < -0.3 is 20.3 Å². The van der Waals surface area contributed by atoms with Crippen LogP contribution >= 0.6 is 0 Å². The van der Waals surface area contributed by atoms with Gasteiger partial charge in [0.15, 0.2) is 0 Å². The van der Waals surface area contributed by atoms with Gasteiger partial charge in [-0.3, -0.25) is 0 Å². The summed E-state index contributed by atoms with van der Waals surface area (Å²) in [5.74, 6) is 0. The van der Waals surface area contributed by atoms with E-state index in [2.05, 4.69) is 9.78 Å². The number of hydrogen-bond donors (Lipinski definition) is 0. The minimum Gasteiger partial charge on any atom is -0.659 e. The van der Waals surface area contributed by atoms with E-state index in [1.165, 1.54) is 0 Å². The molecule has 45 valence electrons. The average molecular weight is 156 g/mol. The molecule has 0 atom stereocenters. The predicted molar refractivity (Wildman–Crippen MR) is 7.57 cm³/mol. The van der Waals surface area contributed by atoms with Gasteiger partial charge in [0, 0.05) is 0 Å². The van der Waals surface area contributed by atoms with Gasteiger partial charge in [0.1, 0.15) is 0 Å². The summed E-state index contributed by atoms with van der Waals surface area (Å²) in [6.45, 7) is 0. The van der Waals surface area contributed by atoms with Crippen LogP contribution in [0, 0.1) is 0 Å². The maximum absolute atomic E-state index is 9.11. The van der Waals surface area contributed by atoms with Crippen molar-refractivity contribution in [2.24, 2.45) is 0 Å². The van der Waals surface area contributed by atoms with Crippen molar-refractivity contribution in [2.45, 2.75) is 0 Å². The second-order valence-corrected chi connectivity index (χ2v) is 0.417. The molecule has 0 aliphatic rings. The molecule has 5 nitrogen and oxygen atoms in total. The molecule has 0 saturated carbocycles. The van der Waals surface area contributed by atoms with Gasteiger partial charge in [-0.05, 0) is 0 Å². The topological polar surface area (TPSA) is 81.7 Å². The van der Waals surface area contributed by atoms with Crippen LogP contribution in [0.5, 0.6) is 0 Å². The summed E-state index contributed by atoms with van der Waals surface area (Å²) < 4.78 is 0. The Labute approximate surface area is 49.2 Å². The van der Waals surface area contributed by atoms with Crippen LogP contribution < -0.4 is 10.5 Å². The van der Waals surface area contributed by atoms with E-state index in [0.717, 1.165) is 0 Å². The van der Waals surface area contributed by atoms with Crippen molar-refractivity contribution in [1.82, 2.24) is 0 Å². The van der Waals surface area contributed by atoms with Crippen LogP contribution in [0.1, 0.15) is 0 Å². The molecule has 0 aromatic heterocycles. The zero-order valence-electron chi connectivity index (χ0n) is 2.84. The molecule has 0 N–H and O–H groups in total. The first-order valence-corrected chi connectivity index (χ1v) is 0.946. The molecule has 7 heavy (non-hydrogen) atoms. The van der Waals surface area contributed by atoms with Gasteiger partial charge in [-0.2, -0.15) is 0 Å². The SMILES string of the molecule is O=C(O[O-])O[O-].[Cu+2]. The van der Waals surface area contributed by atoms with E-state index in [1.807, 2.05) is 0 Å². The van der Waals surface area contributed by atoms with Crippen molar-refractivity contribution >= 4 is 6.16 Å². The average Bonchev–Trinajstić information content (AvgIpc) is 1.65. The molecule has 0 fully saturated rings. The molecule has 0 heterocycles. The van der Waals surface area contributed by atoms with Gasteiger partial charge in [0.05, 0.1) is 0 Å². The maximum Gasteiger partial charge on any atom is 2.00 e. The van der Waals surface area contributed by atoms with E-state index in [9.17, 15) is 0 Å². The quantitative estimate of drug-likeness (QED) is 0.223. The normalized spacial score (nSPS) is 6.00. The zero-order chi connectivity index (χ0) is 4.99. The van der Waals surface area contributed by atoms with Crippen LogP contribution in [0.15, 0.2) is 0 Å². The molecule has 0 unspecified atom stereocenters. The van der Waals surface area contributed by atoms with E-state index in [4.69, 9.17) is 15.3 Å². The van der Waals surface area contributed by atoms with E-state index in [1.54, 1.807) is 0 Å². The van der Waals surface area contributed by atoms with E-state index >= 15 is 0 Å². The summed E-state index contributed by atoms with van der Waals surface area (Å²) in [4.78, 5) is 14.1. The Kier molecular flexibility index (Phi) is 8.04. The molecule has 1 radical (unpaired) electrons. The molecular formula is CCuO5. The molecule has 0 aliphatic heterocycles. The minimum atomic E-state index is -1.77. The molecule has 0 saturated heterocycles. The molecule has 0 rings (SSSR count). The van der Waals surface area contributed by atoms with Crippen molar-refractivity contribution in [3.63, 3.8) is 0 Å². The van der Waals surface area contributed by atoms with Crippen molar-refractivity contribution < 1.29 is 42.2 Å². The fraction of sp³-hybridized carbons (Fsp3) is 0. The largest absolute Gasteiger partial charge is 2.00 e. The van der Waals surface area contributed by atoms with Gasteiger partial charge in [0.25, 0.3) is 0 Å². The Bertz CT molecular complexity index is 46.0. The third-order valence-electron chi connectivity index (χ3n) is 0.136. The fourth-order valence-electron chi connectivity index (χ4n) is 0.0139. The number of hydrogen-bond acceptors (Lipinski definition) is 5. The first kappa shape index (κ1) is 9.86. The summed E-state index contributed by atoms with van der Waals surface area (Å²) in [5, 5.41) is 17.4. The first-order chi connectivity index (χ1) is 2.81. The summed E-state index contributed by atoms with van der Waals surface area (Å²) in [5.41, 5.74) is 0. The maximum atomic E-state index is 9.11.